The van der Waals surface area contributed by atoms with Crippen LogP contribution in [0.1, 0.15) is 29.8 Å². The third-order valence-corrected chi connectivity index (χ3v) is 4.49. The molecule has 0 aromatic carbocycles. The molecule has 1 aromatic heterocycles. The van der Waals surface area contributed by atoms with Crippen molar-refractivity contribution in [3.63, 3.8) is 0 Å². The van der Waals surface area contributed by atoms with Gasteiger partial charge in [-0.15, -0.1) is 0 Å². The lowest BCUT2D eigenvalue weighted by molar-refractivity contribution is 0.0250. The van der Waals surface area contributed by atoms with Crippen LogP contribution in [0.25, 0.3) is 0 Å². The van der Waals surface area contributed by atoms with E-state index in [-0.39, 0.29) is 11.4 Å². The molecule has 0 radical (unpaired) electrons. The molecule has 1 aliphatic rings. The smallest absolute Gasteiger partial charge is 0.272 e. The van der Waals surface area contributed by atoms with Gasteiger partial charge < -0.3 is 9.80 Å². The number of hydrogen-bond donors (Lipinski definition) is 0. The average molecular weight is 326 g/mol. The molecular formula is C14H20BrN3O. The van der Waals surface area contributed by atoms with Crippen LogP contribution < -0.4 is 0 Å². The molecule has 0 aliphatic heterocycles. The molecule has 1 aromatic rings. The Morgan fingerprint density at radius 2 is 2.05 bits per heavy atom. The van der Waals surface area contributed by atoms with Gasteiger partial charge in [-0.3, -0.25) is 4.79 Å². The summed E-state index contributed by atoms with van der Waals surface area (Å²) in [4.78, 5) is 20.6. The number of likely N-dealkylation sites (N-methyl/N-ethyl adjacent to an activating group) is 2. The lowest BCUT2D eigenvalue weighted by Gasteiger charge is -2.49. The normalized spacial score (nSPS) is 17.1. The molecule has 0 bridgehead atoms. The Labute approximate surface area is 122 Å². The van der Waals surface area contributed by atoms with Crippen LogP contribution in [0.4, 0.5) is 0 Å². The molecule has 4 nitrogen and oxygen atoms in total. The number of rotatable bonds is 4. The lowest BCUT2D eigenvalue weighted by atomic mass is 9.75. The van der Waals surface area contributed by atoms with E-state index in [1.807, 2.05) is 19.2 Å². The summed E-state index contributed by atoms with van der Waals surface area (Å²) in [5.74, 6) is -0.0191. The van der Waals surface area contributed by atoms with Crippen molar-refractivity contribution in [2.24, 2.45) is 0 Å². The molecule has 5 heteroatoms. The van der Waals surface area contributed by atoms with E-state index in [0.29, 0.717) is 10.3 Å². The van der Waals surface area contributed by atoms with Gasteiger partial charge in [0.15, 0.2) is 0 Å². The lowest BCUT2D eigenvalue weighted by Crippen LogP contribution is -2.57. The van der Waals surface area contributed by atoms with Crippen molar-refractivity contribution in [3.05, 3.63) is 28.5 Å². The van der Waals surface area contributed by atoms with E-state index < -0.39 is 0 Å². The molecule has 0 saturated heterocycles. The average Bonchev–Trinajstić information content (AvgIpc) is 2.32. The summed E-state index contributed by atoms with van der Waals surface area (Å²) in [6.45, 7) is 0.757. The fourth-order valence-electron chi connectivity index (χ4n) is 2.57. The van der Waals surface area contributed by atoms with E-state index in [0.717, 1.165) is 19.4 Å². The minimum atomic E-state index is -0.0191. The van der Waals surface area contributed by atoms with Crippen LogP contribution in [0.5, 0.6) is 0 Å². The molecule has 0 atom stereocenters. The Morgan fingerprint density at radius 1 is 1.37 bits per heavy atom. The zero-order chi connectivity index (χ0) is 14.0. The minimum Gasteiger partial charge on any atom is -0.339 e. The van der Waals surface area contributed by atoms with Crippen molar-refractivity contribution < 1.29 is 4.79 Å². The van der Waals surface area contributed by atoms with Gasteiger partial charge in [0.25, 0.3) is 5.91 Å². The van der Waals surface area contributed by atoms with E-state index in [2.05, 4.69) is 39.9 Å². The zero-order valence-electron chi connectivity index (χ0n) is 11.7. The minimum absolute atomic E-state index is 0.0191. The summed E-state index contributed by atoms with van der Waals surface area (Å²) >= 11 is 3.30. The summed E-state index contributed by atoms with van der Waals surface area (Å²) in [6.07, 6.45) is 3.56. The summed E-state index contributed by atoms with van der Waals surface area (Å²) in [5, 5.41) is 0. The molecule has 0 unspecified atom stereocenters. The molecule has 0 N–H and O–H groups in total. The van der Waals surface area contributed by atoms with Crippen LogP contribution in [0.3, 0.4) is 0 Å². The van der Waals surface area contributed by atoms with Crippen molar-refractivity contribution in [3.8, 4) is 0 Å². The fraction of sp³-hybridized carbons (Fsp3) is 0.571. The topological polar surface area (TPSA) is 36.4 Å². The highest BCUT2D eigenvalue weighted by atomic mass is 79.9. The predicted octanol–water partition coefficient (Wildman–Crippen LogP) is 2.40. The Morgan fingerprint density at radius 3 is 2.53 bits per heavy atom. The van der Waals surface area contributed by atoms with Gasteiger partial charge in [-0.2, -0.15) is 0 Å². The quantitative estimate of drug-likeness (QED) is 0.797. The number of hydrogen-bond acceptors (Lipinski definition) is 3. The molecule has 104 valence electrons. The Hall–Kier alpha value is -0.940. The second kappa shape index (κ2) is 5.59. The summed E-state index contributed by atoms with van der Waals surface area (Å²) in [7, 11) is 6.04. The van der Waals surface area contributed by atoms with Gasteiger partial charge in [0.05, 0.1) is 0 Å². The molecule has 2 rings (SSSR count). The maximum Gasteiger partial charge on any atom is 0.272 e. The third kappa shape index (κ3) is 2.98. The van der Waals surface area contributed by atoms with Gasteiger partial charge in [-0.05, 0) is 61.4 Å². The first-order chi connectivity index (χ1) is 8.94. The number of carbonyl (C=O) groups excluding carboxylic acids is 1. The number of amides is 1. The number of aromatic nitrogens is 1. The molecule has 1 amide bonds. The van der Waals surface area contributed by atoms with Crippen molar-refractivity contribution in [2.45, 2.75) is 24.8 Å². The van der Waals surface area contributed by atoms with E-state index >= 15 is 0 Å². The van der Waals surface area contributed by atoms with Crippen LogP contribution >= 0.6 is 15.9 Å². The third-order valence-electron chi connectivity index (χ3n) is 4.05. The molecule has 1 aliphatic carbocycles. The second-order valence-corrected chi connectivity index (χ2v) is 6.29. The highest BCUT2D eigenvalue weighted by Gasteiger charge is 2.40. The van der Waals surface area contributed by atoms with Crippen molar-refractivity contribution >= 4 is 21.8 Å². The predicted molar refractivity (Wildman–Crippen MR) is 79.2 cm³/mol. The van der Waals surface area contributed by atoms with Crippen molar-refractivity contribution in [1.29, 1.82) is 0 Å². The molecule has 0 spiro atoms. The second-order valence-electron chi connectivity index (χ2n) is 5.48. The maximum atomic E-state index is 12.4. The summed E-state index contributed by atoms with van der Waals surface area (Å²) in [5.41, 5.74) is 0.640. The number of pyridine rings is 1. The van der Waals surface area contributed by atoms with Crippen LogP contribution in [-0.4, -0.2) is 53.9 Å². The fourth-order valence-corrected chi connectivity index (χ4v) is 2.91. The molecule has 19 heavy (non-hydrogen) atoms. The van der Waals surface area contributed by atoms with E-state index in [9.17, 15) is 4.79 Å². The number of carbonyl (C=O) groups is 1. The SMILES string of the molecule is CN(CC1(N(C)C)CCC1)C(=O)c1cccc(Br)n1. The standard InChI is InChI=1S/C14H20BrN3O/c1-17(2)14(8-5-9-14)10-18(3)13(19)11-6-4-7-12(15)16-11/h4,6-7H,5,8-10H2,1-3H3. The maximum absolute atomic E-state index is 12.4. The Kier molecular flexibility index (Phi) is 4.26. The monoisotopic (exact) mass is 325 g/mol. The first-order valence-electron chi connectivity index (χ1n) is 6.50. The van der Waals surface area contributed by atoms with Crippen LogP contribution in [0.2, 0.25) is 0 Å². The Bertz CT molecular complexity index is 472. The molecule has 1 saturated carbocycles. The van der Waals surface area contributed by atoms with E-state index in [1.54, 1.807) is 11.0 Å². The molecular weight excluding hydrogens is 306 g/mol. The van der Waals surface area contributed by atoms with Crippen molar-refractivity contribution in [2.75, 3.05) is 27.7 Å². The first-order valence-corrected chi connectivity index (χ1v) is 7.29. The van der Waals surface area contributed by atoms with Gasteiger partial charge in [-0.25, -0.2) is 4.98 Å². The largest absolute Gasteiger partial charge is 0.339 e. The first kappa shape index (κ1) is 14.5. The summed E-state index contributed by atoms with van der Waals surface area (Å²) < 4.78 is 0.692. The zero-order valence-corrected chi connectivity index (χ0v) is 13.3. The van der Waals surface area contributed by atoms with Crippen molar-refractivity contribution in [1.82, 2.24) is 14.8 Å². The summed E-state index contributed by atoms with van der Waals surface area (Å²) in [6, 6.07) is 5.42. The highest BCUT2D eigenvalue weighted by molar-refractivity contribution is 9.10. The number of nitrogens with zero attached hydrogens (tertiary/aromatic N) is 3. The van der Waals surface area contributed by atoms with Gasteiger partial charge >= 0.3 is 0 Å². The van der Waals surface area contributed by atoms with Gasteiger partial charge in [0.1, 0.15) is 10.3 Å². The number of halogens is 1. The van der Waals surface area contributed by atoms with E-state index in [4.69, 9.17) is 0 Å². The van der Waals surface area contributed by atoms with Crippen LogP contribution in [0, 0.1) is 0 Å². The van der Waals surface area contributed by atoms with E-state index in [1.165, 1.54) is 6.42 Å². The molecule has 1 fully saturated rings. The van der Waals surface area contributed by atoms with Gasteiger partial charge in [-0.1, -0.05) is 6.07 Å². The van der Waals surface area contributed by atoms with Gasteiger partial charge in [0.2, 0.25) is 0 Å². The molecule has 1 heterocycles. The van der Waals surface area contributed by atoms with Crippen LogP contribution in [-0.2, 0) is 0 Å². The van der Waals surface area contributed by atoms with Crippen LogP contribution in [0.15, 0.2) is 22.8 Å². The van der Waals surface area contributed by atoms with Gasteiger partial charge in [0, 0.05) is 19.1 Å². The highest BCUT2D eigenvalue weighted by Crippen LogP contribution is 2.36. The Balaban J connectivity index is 2.07.